The van der Waals surface area contributed by atoms with E-state index in [-0.39, 0.29) is 0 Å². The van der Waals surface area contributed by atoms with Gasteiger partial charge in [0.2, 0.25) is 0 Å². The Hall–Kier alpha value is -1.02. The first kappa shape index (κ1) is 9.07. The first-order valence-corrected chi connectivity index (χ1v) is 4.16. The standard InChI is InChI=1S/C10H15N2/c1-3-9-11-12(2)10-7-5-4-6-8-10/h4-8,11H,1,3,9H2,2H3. The van der Waals surface area contributed by atoms with E-state index in [4.69, 9.17) is 0 Å². The highest BCUT2D eigenvalue weighted by atomic mass is 15.5. The van der Waals surface area contributed by atoms with Crippen LogP contribution < -0.4 is 10.4 Å². The van der Waals surface area contributed by atoms with Gasteiger partial charge >= 0.3 is 0 Å². The zero-order valence-corrected chi connectivity index (χ0v) is 7.46. The minimum Gasteiger partial charge on any atom is -0.312 e. The van der Waals surface area contributed by atoms with Gasteiger partial charge in [0, 0.05) is 13.6 Å². The Labute approximate surface area is 74.2 Å². The molecule has 2 heteroatoms. The Morgan fingerprint density at radius 1 is 1.33 bits per heavy atom. The van der Waals surface area contributed by atoms with Crippen LogP contribution in [0.4, 0.5) is 5.69 Å². The molecule has 0 saturated carbocycles. The maximum Gasteiger partial charge on any atom is 0.0516 e. The second-order valence-electron chi connectivity index (χ2n) is 2.66. The fourth-order valence-electron chi connectivity index (χ4n) is 0.990. The third kappa shape index (κ3) is 2.55. The second kappa shape index (κ2) is 4.78. The number of hydrazine groups is 1. The van der Waals surface area contributed by atoms with Gasteiger partial charge in [-0.05, 0) is 18.6 Å². The van der Waals surface area contributed by atoms with Crippen molar-refractivity contribution in [2.45, 2.75) is 6.42 Å². The predicted octanol–water partition coefficient (Wildman–Crippen LogP) is 1.85. The number of para-hydroxylation sites is 1. The molecule has 1 aromatic carbocycles. The fourth-order valence-corrected chi connectivity index (χ4v) is 0.990. The number of anilines is 1. The van der Waals surface area contributed by atoms with Gasteiger partial charge < -0.3 is 5.01 Å². The van der Waals surface area contributed by atoms with Crippen molar-refractivity contribution in [1.82, 2.24) is 5.43 Å². The van der Waals surface area contributed by atoms with Crippen molar-refractivity contribution in [1.29, 1.82) is 0 Å². The van der Waals surface area contributed by atoms with Crippen molar-refractivity contribution in [3.05, 3.63) is 37.3 Å². The van der Waals surface area contributed by atoms with Crippen LogP contribution in [-0.4, -0.2) is 13.6 Å². The summed E-state index contributed by atoms with van der Waals surface area (Å²) in [6.07, 6.45) is 0.900. The zero-order chi connectivity index (χ0) is 8.81. The van der Waals surface area contributed by atoms with Gasteiger partial charge in [-0.25, -0.2) is 5.43 Å². The molecule has 0 heterocycles. The SMILES string of the molecule is [CH2]CCNN(C)c1ccccc1. The van der Waals surface area contributed by atoms with E-state index in [1.165, 1.54) is 5.69 Å². The lowest BCUT2D eigenvalue weighted by atomic mass is 10.3. The average Bonchev–Trinajstić information content (AvgIpc) is 2.15. The van der Waals surface area contributed by atoms with Crippen LogP contribution in [0.15, 0.2) is 30.3 Å². The maximum absolute atomic E-state index is 3.76. The third-order valence-electron chi connectivity index (χ3n) is 1.67. The van der Waals surface area contributed by atoms with Crippen LogP contribution in [-0.2, 0) is 0 Å². The van der Waals surface area contributed by atoms with Crippen molar-refractivity contribution in [3.63, 3.8) is 0 Å². The lowest BCUT2D eigenvalue weighted by Crippen LogP contribution is -2.34. The molecule has 0 bridgehead atoms. The van der Waals surface area contributed by atoms with Crippen molar-refractivity contribution in [3.8, 4) is 0 Å². The number of rotatable bonds is 4. The van der Waals surface area contributed by atoms with Crippen LogP contribution in [0.2, 0.25) is 0 Å². The van der Waals surface area contributed by atoms with Gasteiger partial charge in [-0.3, -0.25) is 0 Å². The summed E-state index contributed by atoms with van der Waals surface area (Å²) in [6.45, 7) is 4.67. The third-order valence-corrected chi connectivity index (χ3v) is 1.67. The minimum absolute atomic E-state index is 0.900. The van der Waals surface area contributed by atoms with Gasteiger partial charge in [0.1, 0.15) is 0 Å². The van der Waals surface area contributed by atoms with Crippen LogP contribution in [0.25, 0.3) is 0 Å². The quantitative estimate of drug-likeness (QED) is 0.681. The molecular formula is C10H15N2. The summed E-state index contributed by atoms with van der Waals surface area (Å²) in [5, 5.41) is 2.01. The predicted molar refractivity (Wildman–Crippen MR) is 52.8 cm³/mol. The molecule has 0 aliphatic carbocycles. The lowest BCUT2D eigenvalue weighted by Gasteiger charge is -2.19. The molecule has 0 aliphatic rings. The van der Waals surface area contributed by atoms with Crippen LogP contribution in [0.1, 0.15) is 6.42 Å². The van der Waals surface area contributed by atoms with Gasteiger partial charge in [0.25, 0.3) is 0 Å². The molecule has 0 aliphatic heterocycles. The summed E-state index contributed by atoms with van der Waals surface area (Å²) >= 11 is 0. The molecule has 0 aromatic heterocycles. The van der Waals surface area contributed by atoms with Crippen molar-refractivity contribution >= 4 is 5.69 Å². The Bertz CT molecular complexity index is 208. The highest BCUT2D eigenvalue weighted by Crippen LogP contribution is 2.07. The van der Waals surface area contributed by atoms with E-state index in [0.717, 1.165) is 13.0 Å². The summed E-state index contributed by atoms with van der Waals surface area (Å²) in [5.41, 5.74) is 4.39. The van der Waals surface area contributed by atoms with Crippen molar-refractivity contribution in [2.24, 2.45) is 0 Å². The van der Waals surface area contributed by atoms with E-state index in [2.05, 4.69) is 24.5 Å². The fraction of sp³-hybridized carbons (Fsp3) is 0.300. The first-order chi connectivity index (χ1) is 5.84. The second-order valence-corrected chi connectivity index (χ2v) is 2.66. The van der Waals surface area contributed by atoms with E-state index in [1.807, 2.05) is 30.3 Å². The number of hydrogen-bond acceptors (Lipinski definition) is 2. The highest BCUT2D eigenvalue weighted by Gasteiger charge is 1.95. The molecule has 1 rings (SSSR count). The molecule has 1 radical (unpaired) electrons. The summed E-state index contributed by atoms with van der Waals surface area (Å²) in [7, 11) is 2.00. The Kier molecular flexibility index (Phi) is 3.61. The van der Waals surface area contributed by atoms with E-state index in [0.29, 0.717) is 0 Å². The van der Waals surface area contributed by atoms with Gasteiger partial charge in [0.05, 0.1) is 5.69 Å². The number of nitrogens with one attached hydrogen (secondary N) is 1. The van der Waals surface area contributed by atoms with Gasteiger partial charge in [-0.2, -0.15) is 0 Å². The molecule has 65 valence electrons. The first-order valence-electron chi connectivity index (χ1n) is 4.16. The van der Waals surface area contributed by atoms with E-state index < -0.39 is 0 Å². The topological polar surface area (TPSA) is 15.3 Å². The molecule has 0 unspecified atom stereocenters. The molecule has 1 aromatic rings. The molecule has 0 spiro atoms. The van der Waals surface area contributed by atoms with Crippen molar-refractivity contribution < 1.29 is 0 Å². The minimum atomic E-state index is 0.900. The van der Waals surface area contributed by atoms with E-state index in [1.54, 1.807) is 0 Å². The van der Waals surface area contributed by atoms with E-state index in [9.17, 15) is 0 Å². The molecule has 2 nitrogen and oxygen atoms in total. The van der Waals surface area contributed by atoms with E-state index >= 15 is 0 Å². The molecule has 0 amide bonds. The maximum atomic E-state index is 3.76. The zero-order valence-electron chi connectivity index (χ0n) is 7.46. The van der Waals surface area contributed by atoms with Crippen LogP contribution in [0.5, 0.6) is 0 Å². The molecule has 0 saturated heterocycles. The van der Waals surface area contributed by atoms with Gasteiger partial charge in [0.15, 0.2) is 0 Å². The lowest BCUT2D eigenvalue weighted by molar-refractivity contribution is 0.680. The Morgan fingerprint density at radius 3 is 2.58 bits per heavy atom. The smallest absolute Gasteiger partial charge is 0.0516 e. The number of hydrogen-bond donors (Lipinski definition) is 1. The molecule has 1 N–H and O–H groups in total. The summed E-state index contributed by atoms with van der Waals surface area (Å²) in [4.78, 5) is 0. The summed E-state index contributed by atoms with van der Waals surface area (Å²) in [6, 6.07) is 10.2. The summed E-state index contributed by atoms with van der Waals surface area (Å²) < 4.78 is 0. The van der Waals surface area contributed by atoms with Gasteiger partial charge in [-0.15, -0.1) is 0 Å². The Balaban J connectivity index is 2.48. The van der Waals surface area contributed by atoms with Crippen molar-refractivity contribution in [2.75, 3.05) is 18.6 Å². The number of nitrogens with zero attached hydrogens (tertiary/aromatic N) is 1. The largest absolute Gasteiger partial charge is 0.312 e. The molecule has 0 atom stereocenters. The average molecular weight is 163 g/mol. The van der Waals surface area contributed by atoms with Crippen LogP contribution >= 0.6 is 0 Å². The molecule has 12 heavy (non-hydrogen) atoms. The Morgan fingerprint density at radius 2 is 2.00 bits per heavy atom. The number of benzene rings is 1. The molecule has 0 fully saturated rings. The van der Waals surface area contributed by atoms with Crippen LogP contribution in [0, 0.1) is 6.92 Å². The molecular weight excluding hydrogens is 148 g/mol. The van der Waals surface area contributed by atoms with Crippen LogP contribution in [0.3, 0.4) is 0 Å². The van der Waals surface area contributed by atoms with Gasteiger partial charge in [-0.1, -0.05) is 25.1 Å². The summed E-state index contributed by atoms with van der Waals surface area (Å²) in [5.74, 6) is 0. The normalized spacial score (nSPS) is 9.83. The monoisotopic (exact) mass is 163 g/mol. The highest BCUT2D eigenvalue weighted by molar-refractivity contribution is 5.43.